The normalized spacial score (nSPS) is 10.6. The van der Waals surface area contributed by atoms with Gasteiger partial charge in [-0.15, -0.1) is 0 Å². The van der Waals surface area contributed by atoms with Crippen LogP contribution in [0.25, 0.3) is 0 Å². The standard InChI is InChI=1S/C17H25NO4/c1-12(2)11-21-15-7-5-6-14(10-15)17(20)18-9-8-16(19)22-13(3)4/h5-7,10,12-13H,8-9,11H2,1-4H3,(H,18,20). The lowest BCUT2D eigenvalue weighted by Crippen LogP contribution is -2.27. The average Bonchev–Trinajstić information content (AvgIpc) is 2.44. The third kappa shape index (κ3) is 7.11. The van der Waals surface area contributed by atoms with Crippen molar-refractivity contribution in [1.29, 1.82) is 0 Å². The molecule has 0 unspecified atom stereocenters. The Morgan fingerprint density at radius 2 is 1.91 bits per heavy atom. The number of carbonyl (C=O) groups excluding carboxylic acids is 2. The van der Waals surface area contributed by atoms with Gasteiger partial charge in [0.25, 0.3) is 5.91 Å². The first kappa shape index (κ1) is 18.0. The second-order valence-electron chi connectivity index (χ2n) is 5.78. The van der Waals surface area contributed by atoms with Crippen molar-refractivity contribution in [3.8, 4) is 5.75 Å². The van der Waals surface area contributed by atoms with Crippen molar-refractivity contribution in [3.63, 3.8) is 0 Å². The highest BCUT2D eigenvalue weighted by molar-refractivity contribution is 5.94. The van der Waals surface area contributed by atoms with Crippen LogP contribution >= 0.6 is 0 Å². The SMILES string of the molecule is CC(C)COc1cccc(C(=O)NCCC(=O)OC(C)C)c1. The van der Waals surface area contributed by atoms with Crippen LogP contribution in [0.2, 0.25) is 0 Å². The van der Waals surface area contributed by atoms with Gasteiger partial charge in [-0.3, -0.25) is 9.59 Å². The van der Waals surface area contributed by atoms with Gasteiger partial charge < -0.3 is 14.8 Å². The van der Waals surface area contributed by atoms with Crippen LogP contribution in [0.5, 0.6) is 5.75 Å². The molecule has 0 aromatic heterocycles. The molecule has 122 valence electrons. The van der Waals surface area contributed by atoms with E-state index in [-0.39, 0.29) is 30.9 Å². The molecule has 0 fully saturated rings. The highest BCUT2D eigenvalue weighted by Gasteiger charge is 2.09. The molecule has 0 saturated heterocycles. The topological polar surface area (TPSA) is 64.6 Å². The minimum Gasteiger partial charge on any atom is -0.493 e. The lowest BCUT2D eigenvalue weighted by atomic mass is 10.2. The van der Waals surface area contributed by atoms with E-state index < -0.39 is 0 Å². The Labute approximate surface area is 132 Å². The van der Waals surface area contributed by atoms with Gasteiger partial charge in [0.1, 0.15) is 5.75 Å². The highest BCUT2D eigenvalue weighted by Crippen LogP contribution is 2.14. The van der Waals surface area contributed by atoms with Crippen LogP contribution < -0.4 is 10.1 Å². The monoisotopic (exact) mass is 307 g/mol. The Morgan fingerprint density at radius 1 is 1.18 bits per heavy atom. The van der Waals surface area contributed by atoms with Gasteiger partial charge in [0.05, 0.1) is 19.1 Å². The van der Waals surface area contributed by atoms with Crippen LogP contribution in [0.3, 0.4) is 0 Å². The summed E-state index contributed by atoms with van der Waals surface area (Å²) in [6.45, 7) is 8.56. The van der Waals surface area contributed by atoms with Crippen molar-refractivity contribution in [2.45, 2.75) is 40.2 Å². The van der Waals surface area contributed by atoms with Crippen molar-refractivity contribution >= 4 is 11.9 Å². The fourth-order valence-corrected chi connectivity index (χ4v) is 1.69. The molecule has 0 saturated carbocycles. The van der Waals surface area contributed by atoms with Crippen LogP contribution in [-0.2, 0) is 9.53 Å². The van der Waals surface area contributed by atoms with E-state index in [0.29, 0.717) is 23.8 Å². The summed E-state index contributed by atoms with van der Waals surface area (Å²) >= 11 is 0. The van der Waals surface area contributed by atoms with Gasteiger partial charge >= 0.3 is 5.97 Å². The van der Waals surface area contributed by atoms with E-state index in [1.54, 1.807) is 32.0 Å². The predicted octanol–water partition coefficient (Wildman–Crippen LogP) is 2.79. The summed E-state index contributed by atoms with van der Waals surface area (Å²) in [6.07, 6.45) is 0.0194. The van der Waals surface area contributed by atoms with Gasteiger partial charge in [0.15, 0.2) is 0 Å². The molecule has 0 aliphatic rings. The van der Waals surface area contributed by atoms with E-state index in [0.717, 1.165) is 0 Å². The van der Waals surface area contributed by atoms with Gasteiger partial charge in [0, 0.05) is 12.1 Å². The lowest BCUT2D eigenvalue weighted by Gasteiger charge is -2.11. The predicted molar refractivity (Wildman–Crippen MR) is 85.0 cm³/mol. The Bertz CT molecular complexity index is 497. The number of hydrogen-bond donors (Lipinski definition) is 1. The maximum absolute atomic E-state index is 12.0. The first-order chi connectivity index (χ1) is 10.4. The number of rotatable bonds is 8. The number of amides is 1. The molecule has 1 aromatic rings. The average molecular weight is 307 g/mol. The second kappa shape index (κ2) is 9.07. The molecule has 5 heteroatoms. The summed E-state index contributed by atoms with van der Waals surface area (Å²) in [5.41, 5.74) is 0.512. The third-order valence-electron chi connectivity index (χ3n) is 2.66. The number of nitrogens with one attached hydrogen (secondary N) is 1. The smallest absolute Gasteiger partial charge is 0.307 e. The van der Waals surface area contributed by atoms with Gasteiger partial charge in [-0.1, -0.05) is 19.9 Å². The molecule has 0 radical (unpaired) electrons. The number of ether oxygens (including phenoxy) is 2. The zero-order valence-electron chi connectivity index (χ0n) is 13.7. The zero-order valence-corrected chi connectivity index (χ0v) is 13.7. The maximum atomic E-state index is 12.0. The molecule has 0 heterocycles. The zero-order chi connectivity index (χ0) is 16.5. The fourth-order valence-electron chi connectivity index (χ4n) is 1.69. The molecule has 5 nitrogen and oxygen atoms in total. The minimum atomic E-state index is -0.315. The maximum Gasteiger partial charge on any atom is 0.307 e. The molecular formula is C17H25NO4. The molecule has 1 aromatic carbocycles. The summed E-state index contributed by atoms with van der Waals surface area (Å²) in [5.74, 6) is 0.543. The summed E-state index contributed by atoms with van der Waals surface area (Å²) < 4.78 is 10.6. The van der Waals surface area contributed by atoms with Crippen LogP contribution in [0.1, 0.15) is 44.5 Å². The molecular weight excluding hydrogens is 282 g/mol. The molecule has 0 aliphatic heterocycles. The Balaban J connectivity index is 2.45. The Morgan fingerprint density at radius 3 is 2.55 bits per heavy atom. The molecule has 0 atom stereocenters. The van der Waals surface area contributed by atoms with Gasteiger partial charge in [-0.05, 0) is 38.0 Å². The molecule has 1 rings (SSSR count). The van der Waals surface area contributed by atoms with Gasteiger partial charge in [-0.25, -0.2) is 0 Å². The minimum absolute atomic E-state index is 0.141. The summed E-state index contributed by atoms with van der Waals surface area (Å²) in [5, 5.41) is 2.70. The van der Waals surface area contributed by atoms with Crippen molar-refractivity contribution in [1.82, 2.24) is 5.32 Å². The van der Waals surface area contributed by atoms with Crippen molar-refractivity contribution < 1.29 is 19.1 Å². The summed E-state index contributed by atoms with van der Waals surface area (Å²) in [7, 11) is 0. The van der Waals surface area contributed by atoms with Crippen molar-refractivity contribution in [2.75, 3.05) is 13.2 Å². The van der Waals surface area contributed by atoms with Gasteiger partial charge in [0.2, 0.25) is 0 Å². The largest absolute Gasteiger partial charge is 0.493 e. The Hall–Kier alpha value is -2.04. The first-order valence-electron chi connectivity index (χ1n) is 7.59. The van der Waals surface area contributed by atoms with Crippen LogP contribution in [0.15, 0.2) is 24.3 Å². The van der Waals surface area contributed by atoms with E-state index in [1.165, 1.54) is 0 Å². The van der Waals surface area contributed by atoms with Gasteiger partial charge in [-0.2, -0.15) is 0 Å². The Kier molecular flexibility index (Phi) is 7.43. The molecule has 0 spiro atoms. The quantitative estimate of drug-likeness (QED) is 0.750. The lowest BCUT2D eigenvalue weighted by molar-refractivity contribution is -0.147. The molecule has 22 heavy (non-hydrogen) atoms. The second-order valence-corrected chi connectivity index (χ2v) is 5.78. The molecule has 1 N–H and O–H groups in total. The molecule has 1 amide bonds. The first-order valence-corrected chi connectivity index (χ1v) is 7.59. The van der Waals surface area contributed by atoms with Crippen LogP contribution in [0, 0.1) is 5.92 Å². The van der Waals surface area contributed by atoms with E-state index in [1.807, 2.05) is 6.07 Å². The van der Waals surface area contributed by atoms with Crippen molar-refractivity contribution in [3.05, 3.63) is 29.8 Å². The number of esters is 1. The van der Waals surface area contributed by atoms with E-state index in [4.69, 9.17) is 9.47 Å². The van der Waals surface area contributed by atoms with E-state index >= 15 is 0 Å². The summed E-state index contributed by atoms with van der Waals surface area (Å²) in [4.78, 5) is 23.4. The van der Waals surface area contributed by atoms with E-state index in [2.05, 4.69) is 19.2 Å². The summed E-state index contributed by atoms with van der Waals surface area (Å²) in [6, 6.07) is 7.00. The third-order valence-corrected chi connectivity index (χ3v) is 2.66. The van der Waals surface area contributed by atoms with E-state index in [9.17, 15) is 9.59 Å². The molecule has 0 aliphatic carbocycles. The number of benzene rings is 1. The van der Waals surface area contributed by atoms with Crippen molar-refractivity contribution in [2.24, 2.45) is 5.92 Å². The number of hydrogen-bond acceptors (Lipinski definition) is 4. The number of carbonyl (C=O) groups is 2. The fraction of sp³-hybridized carbons (Fsp3) is 0.529. The van der Waals surface area contributed by atoms with Crippen LogP contribution in [-0.4, -0.2) is 31.1 Å². The highest BCUT2D eigenvalue weighted by atomic mass is 16.5. The molecule has 0 bridgehead atoms. The van der Waals surface area contributed by atoms with Crippen LogP contribution in [0.4, 0.5) is 0 Å².